The molecular weight excluding hydrogens is 264 g/mol. The van der Waals surface area contributed by atoms with Crippen LogP contribution in [0.1, 0.15) is 13.3 Å². The van der Waals surface area contributed by atoms with Gasteiger partial charge < -0.3 is 15.4 Å². The molecule has 1 heterocycles. The lowest BCUT2D eigenvalue weighted by Crippen LogP contribution is -2.20. The van der Waals surface area contributed by atoms with Gasteiger partial charge in [-0.2, -0.15) is 4.68 Å². The third-order valence-electron chi connectivity index (χ3n) is 1.82. The Morgan fingerprint density at radius 2 is 2.40 bits per heavy atom. The first-order valence-electron chi connectivity index (χ1n) is 4.73. The van der Waals surface area contributed by atoms with Gasteiger partial charge in [0.15, 0.2) is 0 Å². The third kappa shape index (κ3) is 3.60. The lowest BCUT2D eigenvalue weighted by atomic mass is 10.5. The molecule has 0 saturated carbocycles. The molecule has 0 radical (unpaired) electrons. The summed E-state index contributed by atoms with van der Waals surface area (Å²) in [6.07, 6.45) is 2.69. The van der Waals surface area contributed by atoms with E-state index < -0.39 is 4.92 Å². The van der Waals surface area contributed by atoms with Gasteiger partial charge in [0, 0.05) is 6.54 Å². The minimum Gasteiger partial charge on any atom is -0.358 e. The monoisotopic (exact) mass is 276 g/mol. The van der Waals surface area contributed by atoms with Crippen molar-refractivity contribution in [2.45, 2.75) is 19.9 Å². The first-order valence-corrected chi connectivity index (χ1v) is 5.52. The molecule has 0 spiro atoms. The third-order valence-corrected chi connectivity index (χ3v) is 2.38. The van der Waals surface area contributed by atoms with E-state index in [9.17, 15) is 10.1 Å². The number of hydrogen-bond acceptors (Lipinski definition) is 4. The molecule has 0 aliphatic heterocycles. The van der Waals surface area contributed by atoms with Crippen molar-refractivity contribution in [2.75, 3.05) is 13.1 Å². The summed E-state index contributed by atoms with van der Waals surface area (Å²) in [7, 11) is 0. The Morgan fingerprint density at radius 1 is 1.67 bits per heavy atom. The molecule has 1 aromatic heterocycles. The number of rotatable bonds is 6. The van der Waals surface area contributed by atoms with E-state index in [1.165, 1.54) is 0 Å². The maximum absolute atomic E-state index is 10.5. The molecule has 0 aliphatic rings. The number of nitrogens with one attached hydrogen (secondary N) is 1. The molecule has 0 saturated heterocycles. The Morgan fingerprint density at radius 3 is 2.93 bits per heavy atom. The average molecular weight is 277 g/mol. The molecule has 0 fully saturated rings. The first kappa shape index (κ1) is 12.1. The van der Waals surface area contributed by atoms with E-state index in [4.69, 9.17) is 0 Å². The highest BCUT2D eigenvalue weighted by Crippen LogP contribution is 2.21. The molecule has 0 unspecified atom stereocenters. The van der Waals surface area contributed by atoms with Crippen molar-refractivity contribution in [2.24, 2.45) is 0 Å². The molecule has 1 aromatic rings. The second-order valence-electron chi connectivity index (χ2n) is 3.07. The van der Waals surface area contributed by atoms with Crippen LogP contribution in [0.25, 0.3) is 0 Å². The molecule has 7 heteroatoms. The number of nitrogens with zero attached hydrogens (tertiary/aromatic N) is 3. The molecule has 0 bridgehead atoms. The second-order valence-corrected chi connectivity index (χ2v) is 3.93. The van der Waals surface area contributed by atoms with Crippen LogP contribution in [0.4, 0.5) is 5.82 Å². The first-order chi connectivity index (χ1) is 7.15. The van der Waals surface area contributed by atoms with Crippen molar-refractivity contribution in [3.63, 3.8) is 0 Å². The van der Waals surface area contributed by atoms with E-state index >= 15 is 0 Å². The Hall–Kier alpha value is -0.950. The Bertz CT molecular complexity index is 339. The van der Waals surface area contributed by atoms with Gasteiger partial charge in [-0.3, -0.25) is 0 Å². The van der Waals surface area contributed by atoms with Crippen molar-refractivity contribution in [1.82, 2.24) is 15.1 Å². The number of halogens is 1. The van der Waals surface area contributed by atoms with E-state index in [1.807, 2.05) is 0 Å². The molecule has 0 aliphatic carbocycles. The van der Waals surface area contributed by atoms with Crippen LogP contribution in [-0.4, -0.2) is 27.8 Å². The van der Waals surface area contributed by atoms with Crippen molar-refractivity contribution < 1.29 is 4.92 Å². The van der Waals surface area contributed by atoms with Crippen molar-refractivity contribution >= 4 is 21.7 Å². The van der Waals surface area contributed by atoms with Gasteiger partial charge in [0.2, 0.25) is 0 Å². The van der Waals surface area contributed by atoms with Crippen LogP contribution in [-0.2, 0) is 6.54 Å². The maximum Gasteiger partial charge on any atom is 0.404 e. The highest BCUT2D eigenvalue weighted by atomic mass is 79.9. The van der Waals surface area contributed by atoms with Crippen LogP contribution >= 0.6 is 15.9 Å². The topological polar surface area (TPSA) is 73.0 Å². The summed E-state index contributed by atoms with van der Waals surface area (Å²) in [5, 5.41) is 17.5. The summed E-state index contributed by atoms with van der Waals surface area (Å²) >= 11 is 3.09. The molecule has 6 nitrogen and oxygen atoms in total. The zero-order valence-corrected chi connectivity index (χ0v) is 10.0. The van der Waals surface area contributed by atoms with E-state index in [2.05, 4.69) is 33.3 Å². The fourth-order valence-electron chi connectivity index (χ4n) is 1.12. The van der Waals surface area contributed by atoms with Crippen LogP contribution in [0.5, 0.6) is 0 Å². The molecule has 1 N–H and O–H groups in total. The largest absolute Gasteiger partial charge is 0.404 e. The second kappa shape index (κ2) is 5.82. The van der Waals surface area contributed by atoms with Crippen LogP contribution < -0.4 is 5.32 Å². The molecule has 15 heavy (non-hydrogen) atoms. The van der Waals surface area contributed by atoms with Gasteiger partial charge in [-0.1, -0.05) is 6.92 Å². The van der Waals surface area contributed by atoms with Crippen LogP contribution in [0.2, 0.25) is 0 Å². The summed E-state index contributed by atoms with van der Waals surface area (Å²) in [4.78, 5) is 10.00. The zero-order valence-electron chi connectivity index (χ0n) is 8.44. The smallest absolute Gasteiger partial charge is 0.358 e. The molecule has 0 amide bonds. The number of hydrogen-bond donors (Lipinski definition) is 1. The van der Waals surface area contributed by atoms with Gasteiger partial charge in [-0.15, -0.1) is 0 Å². The van der Waals surface area contributed by atoms with E-state index in [-0.39, 0.29) is 5.82 Å². The van der Waals surface area contributed by atoms with Gasteiger partial charge in [-0.05, 0) is 33.8 Å². The number of nitro groups is 1. The Kier molecular flexibility index (Phi) is 4.70. The zero-order chi connectivity index (χ0) is 11.3. The summed E-state index contributed by atoms with van der Waals surface area (Å²) in [5.74, 6) is -0.134. The fraction of sp³-hybridized carbons (Fsp3) is 0.625. The van der Waals surface area contributed by atoms with Crippen molar-refractivity contribution in [1.29, 1.82) is 0 Å². The average Bonchev–Trinajstić information content (AvgIpc) is 2.55. The molecule has 0 aromatic carbocycles. The summed E-state index contributed by atoms with van der Waals surface area (Å²) in [6.45, 7) is 4.43. The summed E-state index contributed by atoms with van der Waals surface area (Å²) in [5.41, 5.74) is 0. The van der Waals surface area contributed by atoms with Gasteiger partial charge >= 0.3 is 5.82 Å². The molecule has 1 rings (SSSR count). The predicted octanol–water partition coefficient (Wildman–Crippen LogP) is 1.55. The van der Waals surface area contributed by atoms with E-state index in [1.54, 1.807) is 10.9 Å². The van der Waals surface area contributed by atoms with E-state index in [0.29, 0.717) is 11.0 Å². The SMILES string of the molecule is CCCNCCn1cc(Br)c([N+](=O)[O-])n1. The summed E-state index contributed by atoms with van der Waals surface area (Å²) < 4.78 is 1.98. The molecule has 0 atom stereocenters. The van der Waals surface area contributed by atoms with E-state index in [0.717, 1.165) is 19.5 Å². The van der Waals surface area contributed by atoms with Crippen molar-refractivity contribution in [3.05, 3.63) is 20.8 Å². The van der Waals surface area contributed by atoms with Gasteiger partial charge in [0.25, 0.3) is 0 Å². The Balaban J connectivity index is 2.48. The van der Waals surface area contributed by atoms with Gasteiger partial charge in [-0.25, -0.2) is 0 Å². The standard InChI is InChI=1S/C8H13BrN4O2/c1-2-3-10-4-5-12-6-7(9)8(11-12)13(14)15/h6,10H,2-5H2,1H3. The molecular formula is C8H13BrN4O2. The number of aromatic nitrogens is 2. The minimum atomic E-state index is -0.500. The highest BCUT2D eigenvalue weighted by molar-refractivity contribution is 9.10. The lowest BCUT2D eigenvalue weighted by molar-refractivity contribution is -0.390. The fourth-order valence-corrected chi connectivity index (χ4v) is 1.58. The lowest BCUT2D eigenvalue weighted by Gasteiger charge is -1.99. The van der Waals surface area contributed by atoms with Crippen LogP contribution in [0.15, 0.2) is 10.7 Å². The quantitative estimate of drug-likeness (QED) is 0.486. The van der Waals surface area contributed by atoms with Crippen LogP contribution in [0.3, 0.4) is 0 Å². The minimum absolute atomic E-state index is 0.134. The maximum atomic E-state index is 10.5. The van der Waals surface area contributed by atoms with Crippen molar-refractivity contribution in [3.8, 4) is 0 Å². The molecule has 84 valence electrons. The normalized spacial score (nSPS) is 10.5. The Labute approximate surface area is 95.9 Å². The van der Waals surface area contributed by atoms with Gasteiger partial charge in [0.05, 0.1) is 17.8 Å². The van der Waals surface area contributed by atoms with Gasteiger partial charge in [0.1, 0.15) is 4.47 Å². The predicted molar refractivity (Wildman–Crippen MR) is 59.7 cm³/mol. The van der Waals surface area contributed by atoms with Crippen LogP contribution in [0, 0.1) is 10.1 Å². The highest BCUT2D eigenvalue weighted by Gasteiger charge is 2.17. The summed E-state index contributed by atoms with van der Waals surface area (Å²) in [6, 6.07) is 0.